The molecular weight excluding hydrogens is 278 g/mol. The molecule has 1 aliphatic carbocycles. The van der Waals surface area contributed by atoms with Crippen LogP contribution < -0.4 is 0 Å². The highest BCUT2D eigenvalue weighted by atomic mass is 16.5. The Labute approximate surface area is 134 Å². The Morgan fingerprint density at radius 3 is 2.73 bits per heavy atom. The second kappa shape index (κ2) is 6.76. The van der Waals surface area contributed by atoms with Gasteiger partial charge in [0.1, 0.15) is 0 Å². The molecule has 126 valence electrons. The maximum absolute atomic E-state index is 6.16. The van der Waals surface area contributed by atoms with Crippen molar-refractivity contribution in [2.75, 3.05) is 46.1 Å². The summed E-state index contributed by atoms with van der Waals surface area (Å²) in [5.74, 6) is 0.856. The first kappa shape index (κ1) is 15.4. The van der Waals surface area contributed by atoms with E-state index in [1.165, 1.54) is 58.0 Å². The van der Waals surface area contributed by atoms with Gasteiger partial charge in [-0.05, 0) is 50.9 Å². The van der Waals surface area contributed by atoms with Crippen LogP contribution in [0.5, 0.6) is 0 Å². The van der Waals surface area contributed by atoms with Gasteiger partial charge in [0.05, 0.1) is 12.7 Å². The van der Waals surface area contributed by atoms with Crippen molar-refractivity contribution in [3.63, 3.8) is 0 Å². The van der Waals surface area contributed by atoms with E-state index >= 15 is 0 Å². The summed E-state index contributed by atoms with van der Waals surface area (Å²) in [4.78, 5) is 2.73. The van der Waals surface area contributed by atoms with Gasteiger partial charge in [-0.3, -0.25) is 4.90 Å². The molecule has 0 spiro atoms. The fourth-order valence-corrected chi connectivity index (χ4v) is 4.61. The molecule has 0 N–H and O–H groups in total. The molecule has 4 aliphatic rings. The topological polar surface area (TPSA) is 30.9 Å². The summed E-state index contributed by atoms with van der Waals surface area (Å²) >= 11 is 0. The van der Waals surface area contributed by atoms with Gasteiger partial charge >= 0.3 is 0 Å². The smallest absolute Gasteiger partial charge is 0.0677 e. The number of likely N-dealkylation sites (tertiary alicyclic amines) is 1. The maximum atomic E-state index is 6.16. The molecule has 0 radical (unpaired) electrons. The van der Waals surface area contributed by atoms with E-state index in [9.17, 15) is 0 Å². The number of nitrogens with zero attached hydrogens (tertiary/aromatic N) is 1. The van der Waals surface area contributed by atoms with Crippen LogP contribution in [0, 0.1) is 11.3 Å². The first-order valence-corrected chi connectivity index (χ1v) is 9.37. The number of piperidine rings is 1. The average molecular weight is 309 g/mol. The standard InChI is InChI=1S/C18H31NO3/c1-7-18(14-21-12-15-2-3-15)13-19(8-4-17(18)22-9-1)16-5-10-20-11-6-16/h15-17H,1-14H2/t17-,18+/m1/s1. The largest absolute Gasteiger partial charge is 0.381 e. The Balaban J connectivity index is 1.40. The van der Waals surface area contributed by atoms with E-state index in [0.29, 0.717) is 6.10 Å². The summed E-state index contributed by atoms with van der Waals surface area (Å²) in [6.07, 6.45) is 9.24. The van der Waals surface area contributed by atoms with Gasteiger partial charge in [-0.25, -0.2) is 0 Å². The van der Waals surface area contributed by atoms with E-state index < -0.39 is 0 Å². The van der Waals surface area contributed by atoms with Crippen LogP contribution in [0.25, 0.3) is 0 Å². The number of fused-ring (bicyclic) bond motifs is 1. The highest BCUT2D eigenvalue weighted by Crippen LogP contribution is 2.42. The quantitative estimate of drug-likeness (QED) is 0.780. The van der Waals surface area contributed by atoms with Crippen LogP contribution in [0.1, 0.15) is 44.9 Å². The Kier molecular flexibility index (Phi) is 4.72. The molecule has 4 rings (SSSR count). The summed E-state index contributed by atoms with van der Waals surface area (Å²) in [7, 11) is 0. The van der Waals surface area contributed by atoms with Crippen LogP contribution in [0.3, 0.4) is 0 Å². The summed E-state index contributed by atoms with van der Waals surface area (Å²) < 4.78 is 17.9. The lowest BCUT2D eigenvalue weighted by atomic mass is 9.72. The molecule has 3 aliphatic heterocycles. The van der Waals surface area contributed by atoms with Crippen molar-refractivity contribution >= 4 is 0 Å². The molecule has 4 nitrogen and oxygen atoms in total. The number of hydrogen-bond donors (Lipinski definition) is 0. The lowest BCUT2D eigenvalue weighted by Gasteiger charge is -2.52. The molecule has 3 saturated heterocycles. The van der Waals surface area contributed by atoms with Gasteiger partial charge < -0.3 is 14.2 Å². The molecule has 1 saturated carbocycles. The third-order valence-electron chi connectivity index (χ3n) is 6.16. The van der Waals surface area contributed by atoms with Crippen LogP contribution >= 0.6 is 0 Å². The highest BCUT2D eigenvalue weighted by molar-refractivity contribution is 4.98. The molecule has 4 fully saturated rings. The Morgan fingerprint density at radius 2 is 1.91 bits per heavy atom. The summed E-state index contributed by atoms with van der Waals surface area (Å²) in [6.45, 7) is 7.08. The van der Waals surface area contributed by atoms with E-state index in [1.807, 2.05) is 0 Å². The molecule has 0 aromatic heterocycles. The Hall–Kier alpha value is -0.160. The van der Waals surface area contributed by atoms with Crippen molar-refractivity contribution in [3.05, 3.63) is 0 Å². The first-order chi connectivity index (χ1) is 10.9. The number of hydrogen-bond acceptors (Lipinski definition) is 4. The molecule has 3 heterocycles. The van der Waals surface area contributed by atoms with Crippen molar-refractivity contribution in [3.8, 4) is 0 Å². The van der Waals surface area contributed by atoms with Crippen LogP contribution in [-0.4, -0.2) is 63.2 Å². The van der Waals surface area contributed by atoms with Crippen molar-refractivity contribution in [1.82, 2.24) is 4.90 Å². The van der Waals surface area contributed by atoms with Gasteiger partial charge in [0.25, 0.3) is 0 Å². The van der Waals surface area contributed by atoms with Crippen LogP contribution in [0.2, 0.25) is 0 Å². The molecule has 2 atom stereocenters. The van der Waals surface area contributed by atoms with E-state index in [0.717, 1.165) is 45.0 Å². The van der Waals surface area contributed by atoms with E-state index in [-0.39, 0.29) is 5.41 Å². The second-order valence-corrected chi connectivity index (χ2v) is 7.89. The minimum atomic E-state index is 0.254. The number of rotatable bonds is 5. The third-order valence-corrected chi connectivity index (χ3v) is 6.16. The van der Waals surface area contributed by atoms with Gasteiger partial charge in [-0.15, -0.1) is 0 Å². The molecule has 0 bridgehead atoms. The maximum Gasteiger partial charge on any atom is 0.0677 e. The van der Waals surface area contributed by atoms with Crippen molar-refractivity contribution in [2.45, 2.75) is 57.1 Å². The Morgan fingerprint density at radius 1 is 1.05 bits per heavy atom. The zero-order valence-electron chi connectivity index (χ0n) is 13.8. The summed E-state index contributed by atoms with van der Waals surface area (Å²) in [6, 6.07) is 0.719. The lowest BCUT2D eigenvalue weighted by molar-refractivity contribution is -0.161. The third kappa shape index (κ3) is 3.35. The van der Waals surface area contributed by atoms with Crippen LogP contribution in [0.15, 0.2) is 0 Å². The fourth-order valence-electron chi connectivity index (χ4n) is 4.61. The molecule has 0 aromatic rings. The highest BCUT2D eigenvalue weighted by Gasteiger charge is 2.47. The zero-order chi connectivity index (χ0) is 14.8. The molecule has 4 heteroatoms. The van der Waals surface area contributed by atoms with Crippen molar-refractivity contribution in [1.29, 1.82) is 0 Å². The van der Waals surface area contributed by atoms with Crippen molar-refractivity contribution < 1.29 is 14.2 Å². The fraction of sp³-hybridized carbons (Fsp3) is 1.00. The number of ether oxygens (including phenoxy) is 3. The lowest BCUT2D eigenvalue weighted by Crippen LogP contribution is -2.59. The predicted octanol–water partition coefficient (Wildman–Crippen LogP) is 2.46. The summed E-state index contributed by atoms with van der Waals surface area (Å²) in [5.41, 5.74) is 0.254. The van der Waals surface area contributed by atoms with Gasteiger partial charge in [0.15, 0.2) is 0 Å². The molecule has 0 unspecified atom stereocenters. The zero-order valence-corrected chi connectivity index (χ0v) is 13.8. The van der Waals surface area contributed by atoms with Crippen LogP contribution in [-0.2, 0) is 14.2 Å². The van der Waals surface area contributed by atoms with Gasteiger partial charge in [0.2, 0.25) is 0 Å². The molecule has 0 aromatic carbocycles. The molecule has 22 heavy (non-hydrogen) atoms. The first-order valence-electron chi connectivity index (χ1n) is 9.37. The summed E-state index contributed by atoms with van der Waals surface area (Å²) in [5, 5.41) is 0. The van der Waals surface area contributed by atoms with Gasteiger partial charge in [-0.1, -0.05) is 0 Å². The van der Waals surface area contributed by atoms with E-state index in [1.54, 1.807) is 0 Å². The van der Waals surface area contributed by atoms with E-state index in [2.05, 4.69) is 4.90 Å². The monoisotopic (exact) mass is 309 g/mol. The predicted molar refractivity (Wildman–Crippen MR) is 85.0 cm³/mol. The van der Waals surface area contributed by atoms with Crippen molar-refractivity contribution in [2.24, 2.45) is 11.3 Å². The van der Waals surface area contributed by atoms with Gasteiger partial charge in [-0.2, -0.15) is 0 Å². The van der Waals surface area contributed by atoms with Gasteiger partial charge in [0, 0.05) is 51.0 Å². The van der Waals surface area contributed by atoms with Crippen LogP contribution in [0.4, 0.5) is 0 Å². The molecule has 0 amide bonds. The Bertz CT molecular complexity index is 367. The minimum absolute atomic E-state index is 0.254. The van der Waals surface area contributed by atoms with E-state index in [4.69, 9.17) is 14.2 Å². The normalized spacial score (nSPS) is 37.9. The minimum Gasteiger partial charge on any atom is -0.381 e. The second-order valence-electron chi connectivity index (χ2n) is 7.89. The average Bonchev–Trinajstić information content (AvgIpc) is 3.39. The molecular formula is C18H31NO3. The SMILES string of the molecule is C1CO[C@@H]2CCN(C3CCOCC3)C[C@]2(COCC2CC2)C1.